The largest absolute Gasteiger partial charge is 0.462 e. The van der Waals surface area contributed by atoms with E-state index in [1.165, 1.54) is 42.5 Å². The monoisotopic (exact) mass is 540 g/mol. The molecule has 35 heavy (non-hydrogen) atoms. The number of hydrogen-bond donors (Lipinski definition) is 0. The van der Waals surface area contributed by atoms with E-state index in [1.807, 2.05) is 0 Å². The Balaban J connectivity index is 2.04. The first-order chi connectivity index (χ1) is 16.3. The quantitative estimate of drug-likeness (QED) is 0.355. The minimum absolute atomic E-state index is 0.0468. The number of benzene rings is 2. The lowest BCUT2D eigenvalue weighted by molar-refractivity contribution is -0.122. The number of rotatable bonds is 8. The van der Waals surface area contributed by atoms with E-state index in [2.05, 4.69) is 0 Å². The van der Waals surface area contributed by atoms with E-state index in [0.29, 0.717) is 6.42 Å². The Hall–Kier alpha value is -2.46. The summed E-state index contributed by atoms with van der Waals surface area (Å²) in [5, 5.41) is 0.119. The zero-order chi connectivity index (χ0) is 26.1. The maximum atomic E-state index is 13.8. The topological polar surface area (TPSA) is 101 Å². The Bertz CT molecular complexity index is 1260. The highest BCUT2D eigenvalue weighted by molar-refractivity contribution is 7.89. The molecule has 0 aliphatic carbocycles. The van der Waals surface area contributed by atoms with Crippen molar-refractivity contribution in [1.82, 2.24) is 4.31 Å². The number of carbonyl (C=O) groups excluding carboxylic acids is 3. The van der Waals surface area contributed by atoms with Crippen LogP contribution in [0.15, 0.2) is 47.4 Å². The molecule has 0 spiro atoms. The fraction of sp³-hybridized carbons (Fsp3) is 0.375. The third kappa shape index (κ3) is 5.23. The van der Waals surface area contributed by atoms with Crippen LogP contribution in [0.25, 0.3) is 0 Å². The van der Waals surface area contributed by atoms with E-state index in [-0.39, 0.29) is 39.2 Å². The highest BCUT2D eigenvalue weighted by Crippen LogP contribution is 2.38. The molecule has 0 radical (unpaired) electrons. The number of carbonyl (C=O) groups is 3. The molecule has 1 aliphatic rings. The number of sulfonamides is 1. The molecule has 0 saturated carbocycles. The van der Waals surface area contributed by atoms with Crippen molar-refractivity contribution in [1.29, 1.82) is 0 Å². The van der Waals surface area contributed by atoms with Crippen molar-refractivity contribution in [3.8, 4) is 0 Å². The van der Waals surface area contributed by atoms with Crippen molar-refractivity contribution >= 4 is 56.7 Å². The third-order valence-electron chi connectivity index (χ3n) is 5.93. The van der Waals surface area contributed by atoms with E-state index < -0.39 is 39.4 Å². The van der Waals surface area contributed by atoms with Gasteiger partial charge in [-0.1, -0.05) is 30.1 Å². The van der Waals surface area contributed by atoms with Gasteiger partial charge >= 0.3 is 5.97 Å². The fourth-order valence-electron chi connectivity index (χ4n) is 3.88. The molecule has 1 fully saturated rings. The van der Waals surface area contributed by atoms with Gasteiger partial charge in [0.15, 0.2) is 0 Å². The van der Waals surface area contributed by atoms with Crippen molar-refractivity contribution in [2.24, 2.45) is 0 Å². The van der Waals surface area contributed by atoms with Gasteiger partial charge in [-0.25, -0.2) is 18.1 Å². The van der Waals surface area contributed by atoms with Crippen molar-refractivity contribution < 1.29 is 27.5 Å². The minimum Gasteiger partial charge on any atom is -0.462 e. The molecule has 11 heteroatoms. The molecule has 188 valence electrons. The van der Waals surface area contributed by atoms with Gasteiger partial charge in [-0.05, 0) is 69.7 Å². The molecule has 1 saturated heterocycles. The molecule has 2 amide bonds. The van der Waals surface area contributed by atoms with Crippen LogP contribution in [0.5, 0.6) is 0 Å². The molecule has 2 aromatic rings. The maximum Gasteiger partial charge on any atom is 0.338 e. The van der Waals surface area contributed by atoms with Gasteiger partial charge < -0.3 is 4.74 Å². The van der Waals surface area contributed by atoms with Crippen LogP contribution < -0.4 is 4.90 Å². The van der Waals surface area contributed by atoms with E-state index >= 15 is 0 Å². The predicted octanol–water partition coefficient (Wildman–Crippen LogP) is 4.68. The van der Waals surface area contributed by atoms with Gasteiger partial charge in [0.25, 0.3) is 5.91 Å². The summed E-state index contributed by atoms with van der Waals surface area (Å²) in [6, 6.07) is 8.54. The molecule has 2 aromatic carbocycles. The minimum atomic E-state index is -4.34. The highest BCUT2D eigenvalue weighted by Gasteiger charge is 2.51. The molecule has 0 aromatic heterocycles. The molecular weight excluding hydrogens is 515 g/mol. The zero-order valence-electron chi connectivity index (χ0n) is 19.7. The summed E-state index contributed by atoms with van der Waals surface area (Å²) in [6.45, 7) is 7.03. The molecule has 1 unspecified atom stereocenters. The second-order valence-corrected chi connectivity index (χ2v) is 11.2. The average molecular weight is 541 g/mol. The SMILES string of the molecule is CCOC(=O)c1ccc(N2C(=O)CC(N(C(C)(C)CC)S(=O)(=O)c3cc(Cl)ccc3Cl)C2=O)cc1. The van der Waals surface area contributed by atoms with Gasteiger partial charge in [0.1, 0.15) is 10.9 Å². The summed E-state index contributed by atoms with van der Waals surface area (Å²) in [5.74, 6) is -1.79. The molecule has 1 aliphatic heterocycles. The van der Waals surface area contributed by atoms with Crippen molar-refractivity contribution in [3.63, 3.8) is 0 Å². The summed E-state index contributed by atoms with van der Waals surface area (Å²) in [4.78, 5) is 39.1. The Labute approximate surface area is 214 Å². The van der Waals surface area contributed by atoms with Crippen LogP contribution in [0.3, 0.4) is 0 Å². The van der Waals surface area contributed by atoms with Crippen LogP contribution in [0.1, 0.15) is 50.9 Å². The number of hydrogen-bond acceptors (Lipinski definition) is 6. The Kier molecular flexibility index (Phi) is 7.96. The number of amides is 2. The molecule has 8 nitrogen and oxygen atoms in total. The number of anilines is 1. The number of imide groups is 1. The third-order valence-corrected chi connectivity index (χ3v) is 8.77. The summed E-state index contributed by atoms with van der Waals surface area (Å²) >= 11 is 12.3. The van der Waals surface area contributed by atoms with Crippen LogP contribution in [-0.2, 0) is 24.3 Å². The molecule has 1 heterocycles. The number of nitrogens with zero attached hydrogens (tertiary/aromatic N) is 2. The van der Waals surface area contributed by atoms with Gasteiger partial charge in [0.2, 0.25) is 15.9 Å². The zero-order valence-corrected chi connectivity index (χ0v) is 22.1. The highest BCUT2D eigenvalue weighted by atomic mass is 35.5. The van der Waals surface area contributed by atoms with Crippen LogP contribution in [0, 0.1) is 0 Å². The van der Waals surface area contributed by atoms with E-state index in [9.17, 15) is 22.8 Å². The van der Waals surface area contributed by atoms with Crippen LogP contribution in [-0.4, -0.2) is 48.7 Å². The summed E-state index contributed by atoms with van der Waals surface area (Å²) in [6.07, 6.45) is 0.00985. The predicted molar refractivity (Wildman–Crippen MR) is 133 cm³/mol. The first-order valence-electron chi connectivity index (χ1n) is 11.0. The standard InChI is InChI=1S/C24H26Cl2N2O6S/c1-5-24(3,4)28(35(32,33)20-13-16(25)9-12-18(20)26)19-14-21(29)27(22(19)30)17-10-7-15(8-11-17)23(31)34-6-2/h7-13,19H,5-6,14H2,1-4H3. The van der Waals surface area contributed by atoms with Crippen LogP contribution in [0.2, 0.25) is 10.0 Å². The molecule has 1 atom stereocenters. The normalized spacial score (nSPS) is 16.8. The van der Waals surface area contributed by atoms with Gasteiger partial charge in [-0.3, -0.25) is 9.59 Å². The second-order valence-electron chi connectivity index (χ2n) is 8.60. The van der Waals surface area contributed by atoms with E-state index in [4.69, 9.17) is 27.9 Å². The Morgan fingerprint density at radius 1 is 1.11 bits per heavy atom. The fourth-order valence-corrected chi connectivity index (χ4v) is 6.61. The lowest BCUT2D eigenvalue weighted by Crippen LogP contribution is -2.55. The summed E-state index contributed by atoms with van der Waals surface area (Å²) < 4.78 is 33.7. The van der Waals surface area contributed by atoms with E-state index in [1.54, 1.807) is 27.7 Å². The van der Waals surface area contributed by atoms with Gasteiger partial charge in [-0.15, -0.1) is 0 Å². The van der Waals surface area contributed by atoms with Crippen LogP contribution >= 0.6 is 23.2 Å². The first kappa shape index (κ1) is 27.1. The lowest BCUT2D eigenvalue weighted by atomic mass is 10.00. The number of ether oxygens (including phenoxy) is 1. The Morgan fingerprint density at radius 3 is 2.31 bits per heavy atom. The number of halogens is 2. The molecule has 0 bridgehead atoms. The van der Waals surface area contributed by atoms with E-state index in [0.717, 1.165) is 9.21 Å². The molecular formula is C24H26Cl2N2O6S. The number of esters is 1. The van der Waals surface area contributed by atoms with Crippen molar-refractivity contribution in [3.05, 3.63) is 58.1 Å². The van der Waals surface area contributed by atoms with Crippen molar-refractivity contribution in [2.45, 2.75) is 57.0 Å². The van der Waals surface area contributed by atoms with Gasteiger partial charge in [0, 0.05) is 10.6 Å². The Morgan fingerprint density at radius 2 is 1.74 bits per heavy atom. The average Bonchev–Trinajstić information content (AvgIpc) is 3.08. The second kappa shape index (κ2) is 10.3. The maximum absolute atomic E-state index is 13.8. The molecule has 3 rings (SSSR count). The smallest absolute Gasteiger partial charge is 0.338 e. The van der Waals surface area contributed by atoms with Gasteiger partial charge in [-0.2, -0.15) is 4.31 Å². The van der Waals surface area contributed by atoms with Gasteiger partial charge in [0.05, 0.1) is 29.3 Å². The van der Waals surface area contributed by atoms with Crippen LogP contribution in [0.4, 0.5) is 5.69 Å². The first-order valence-corrected chi connectivity index (χ1v) is 13.2. The molecule has 0 N–H and O–H groups in total. The van der Waals surface area contributed by atoms with Crippen molar-refractivity contribution in [2.75, 3.05) is 11.5 Å². The lowest BCUT2D eigenvalue weighted by Gasteiger charge is -2.39. The summed E-state index contributed by atoms with van der Waals surface area (Å²) in [5.41, 5.74) is -0.546. The summed E-state index contributed by atoms with van der Waals surface area (Å²) in [7, 11) is -4.34.